The van der Waals surface area contributed by atoms with Gasteiger partial charge in [0.05, 0.1) is 6.10 Å². The Morgan fingerprint density at radius 1 is 1.62 bits per heavy atom. The van der Waals surface area contributed by atoms with Gasteiger partial charge < -0.3 is 15.3 Å². The van der Waals surface area contributed by atoms with Gasteiger partial charge >= 0.3 is 0 Å². The number of rotatable bonds is 5. The summed E-state index contributed by atoms with van der Waals surface area (Å²) >= 11 is 0. The van der Waals surface area contributed by atoms with Gasteiger partial charge in [-0.2, -0.15) is 0 Å². The molecule has 0 amide bonds. The average molecular weight is 186 g/mol. The molecule has 0 radical (unpaired) electrons. The number of likely N-dealkylation sites (N-methyl/N-ethyl adjacent to an activating group) is 1. The topological polar surface area (TPSA) is 35.5 Å². The second kappa shape index (κ2) is 5.58. The van der Waals surface area contributed by atoms with Crippen LogP contribution in [0.2, 0.25) is 0 Å². The zero-order valence-corrected chi connectivity index (χ0v) is 8.79. The van der Waals surface area contributed by atoms with E-state index in [1.54, 1.807) is 0 Å². The molecule has 2 atom stereocenters. The molecule has 1 aliphatic rings. The van der Waals surface area contributed by atoms with Gasteiger partial charge in [-0.25, -0.2) is 0 Å². The Morgan fingerprint density at radius 3 is 2.92 bits per heavy atom. The average Bonchev–Trinajstić information content (AvgIpc) is 2.53. The first kappa shape index (κ1) is 11.0. The fraction of sp³-hybridized carbons (Fsp3) is 1.00. The first-order valence-corrected chi connectivity index (χ1v) is 5.28. The van der Waals surface area contributed by atoms with E-state index in [-0.39, 0.29) is 6.10 Å². The molecule has 1 fully saturated rings. The summed E-state index contributed by atoms with van der Waals surface area (Å²) in [5, 5.41) is 12.6. The van der Waals surface area contributed by atoms with Crippen molar-refractivity contribution in [2.24, 2.45) is 0 Å². The van der Waals surface area contributed by atoms with E-state index < -0.39 is 0 Å². The Kier molecular flexibility index (Phi) is 4.70. The summed E-state index contributed by atoms with van der Waals surface area (Å²) in [7, 11) is 2.13. The van der Waals surface area contributed by atoms with Gasteiger partial charge in [0, 0.05) is 19.1 Å². The van der Waals surface area contributed by atoms with Gasteiger partial charge in [0.25, 0.3) is 0 Å². The molecule has 1 rings (SSSR count). The first-order chi connectivity index (χ1) is 6.18. The standard InChI is InChI=1S/C10H22N2O/c1-9(13)5-7-12(2)8-10-4-3-6-11-10/h9-11,13H,3-8H2,1-2H3. The third kappa shape index (κ3) is 4.60. The van der Waals surface area contributed by atoms with Crippen molar-refractivity contribution in [3.8, 4) is 0 Å². The highest BCUT2D eigenvalue weighted by atomic mass is 16.3. The van der Waals surface area contributed by atoms with E-state index in [0.717, 1.165) is 19.5 Å². The molecule has 1 aliphatic heterocycles. The molecule has 0 aromatic heterocycles. The molecule has 2 N–H and O–H groups in total. The van der Waals surface area contributed by atoms with E-state index in [2.05, 4.69) is 17.3 Å². The number of hydrogen-bond acceptors (Lipinski definition) is 3. The summed E-state index contributed by atoms with van der Waals surface area (Å²) in [6, 6.07) is 0.680. The zero-order valence-electron chi connectivity index (χ0n) is 8.79. The van der Waals surface area contributed by atoms with Gasteiger partial charge in [-0.15, -0.1) is 0 Å². The minimum Gasteiger partial charge on any atom is -0.393 e. The van der Waals surface area contributed by atoms with Crippen molar-refractivity contribution < 1.29 is 5.11 Å². The maximum Gasteiger partial charge on any atom is 0.0524 e. The van der Waals surface area contributed by atoms with E-state index in [4.69, 9.17) is 5.11 Å². The molecule has 1 saturated heterocycles. The van der Waals surface area contributed by atoms with Crippen LogP contribution in [0.3, 0.4) is 0 Å². The van der Waals surface area contributed by atoms with Crippen LogP contribution in [0, 0.1) is 0 Å². The van der Waals surface area contributed by atoms with Crippen LogP contribution in [0.25, 0.3) is 0 Å². The number of hydrogen-bond donors (Lipinski definition) is 2. The van der Waals surface area contributed by atoms with Crippen molar-refractivity contribution in [1.29, 1.82) is 0 Å². The monoisotopic (exact) mass is 186 g/mol. The van der Waals surface area contributed by atoms with Crippen LogP contribution >= 0.6 is 0 Å². The van der Waals surface area contributed by atoms with Crippen molar-refractivity contribution in [1.82, 2.24) is 10.2 Å². The highest BCUT2D eigenvalue weighted by Crippen LogP contribution is 2.06. The van der Waals surface area contributed by atoms with Gasteiger partial charge in [-0.05, 0) is 39.8 Å². The zero-order chi connectivity index (χ0) is 9.68. The van der Waals surface area contributed by atoms with Crippen LogP contribution < -0.4 is 5.32 Å². The lowest BCUT2D eigenvalue weighted by molar-refractivity contribution is 0.161. The van der Waals surface area contributed by atoms with Gasteiger partial charge in [-0.3, -0.25) is 0 Å². The molecule has 13 heavy (non-hydrogen) atoms. The Balaban J connectivity index is 2.05. The highest BCUT2D eigenvalue weighted by Gasteiger charge is 2.15. The number of nitrogens with zero attached hydrogens (tertiary/aromatic N) is 1. The van der Waals surface area contributed by atoms with Crippen molar-refractivity contribution in [2.45, 2.75) is 38.3 Å². The molecule has 0 bridgehead atoms. The first-order valence-electron chi connectivity index (χ1n) is 5.28. The number of aliphatic hydroxyl groups excluding tert-OH is 1. The fourth-order valence-electron chi connectivity index (χ4n) is 1.79. The van der Waals surface area contributed by atoms with Crippen LogP contribution in [-0.4, -0.2) is 48.8 Å². The van der Waals surface area contributed by atoms with Crippen LogP contribution in [-0.2, 0) is 0 Å². The normalized spacial score (nSPS) is 25.4. The summed E-state index contributed by atoms with van der Waals surface area (Å²) in [6.45, 7) is 5.14. The van der Waals surface area contributed by atoms with E-state index in [1.165, 1.54) is 19.4 Å². The Bertz CT molecular complexity index is 133. The van der Waals surface area contributed by atoms with Crippen molar-refractivity contribution >= 4 is 0 Å². The minimum absolute atomic E-state index is 0.168. The number of aliphatic hydroxyl groups is 1. The molecule has 1 heterocycles. The quantitative estimate of drug-likeness (QED) is 0.654. The summed E-state index contributed by atoms with van der Waals surface area (Å²) in [5.41, 5.74) is 0. The van der Waals surface area contributed by atoms with E-state index in [9.17, 15) is 0 Å². The van der Waals surface area contributed by atoms with Crippen LogP contribution in [0.5, 0.6) is 0 Å². The minimum atomic E-state index is -0.168. The molecule has 78 valence electrons. The van der Waals surface area contributed by atoms with E-state index in [0.29, 0.717) is 6.04 Å². The van der Waals surface area contributed by atoms with Crippen molar-refractivity contribution in [2.75, 3.05) is 26.7 Å². The Morgan fingerprint density at radius 2 is 2.38 bits per heavy atom. The molecule has 3 nitrogen and oxygen atoms in total. The third-order valence-corrected chi connectivity index (χ3v) is 2.62. The van der Waals surface area contributed by atoms with Crippen molar-refractivity contribution in [3.63, 3.8) is 0 Å². The van der Waals surface area contributed by atoms with E-state index in [1.807, 2.05) is 6.92 Å². The molecule has 0 saturated carbocycles. The van der Waals surface area contributed by atoms with Crippen LogP contribution in [0.15, 0.2) is 0 Å². The largest absolute Gasteiger partial charge is 0.393 e. The van der Waals surface area contributed by atoms with Gasteiger partial charge in [0.2, 0.25) is 0 Å². The maximum absolute atomic E-state index is 9.12. The summed E-state index contributed by atoms with van der Waals surface area (Å²) in [6.07, 6.45) is 3.33. The Labute approximate surface area is 81.1 Å². The summed E-state index contributed by atoms with van der Waals surface area (Å²) in [5.74, 6) is 0. The predicted molar refractivity (Wildman–Crippen MR) is 54.8 cm³/mol. The third-order valence-electron chi connectivity index (χ3n) is 2.62. The SMILES string of the molecule is CC(O)CCN(C)CC1CCCN1. The van der Waals surface area contributed by atoms with Gasteiger partial charge in [0.15, 0.2) is 0 Å². The molecule has 0 aromatic rings. The molecule has 0 aromatic carbocycles. The highest BCUT2D eigenvalue weighted by molar-refractivity contribution is 4.76. The molecular formula is C10H22N2O. The van der Waals surface area contributed by atoms with Crippen LogP contribution in [0.4, 0.5) is 0 Å². The lowest BCUT2D eigenvalue weighted by atomic mass is 10.2. The summed E-state index contributed by atoms with van der Waals surface area (Å²) in [4.78, 5) is 2.30. The molecule has 0 spiro atoms. The summed E-state index contributed by atoms with van der Waals surface area (Å²) < 4.78 is 0. The fourth-order valence-corrected chi connectivity index (χ4v) is 1.79. The molecular weight excluding hydrogens is 164 g/mol. The maximum atomic E-state index is 9.12. The lowest BCUT2D eigenvalue weighted by Gasteiger charge is -2.21. The smallest absolute Gasteiger partial charge is 0.0524 e. The van der Waals surface area contributed by atoms with E-state index >= 15 is 0 Å². The second-order valence-corrected chi connectivity index (χ2v) is 4.19. The molecule has 3 heteroatoms. The lowest BCUT2D eigenvalue weighted by Crippen LogP contribution is -2.36. The van der Waals surface area contributed by atoms with Crippen LogP contribution in [0.1, 0.15) is 26.2 Å². The Hall–Kier alpha value is -0.120. The van der Waals surface area contributed by atoms with Gasteiger partial charge in [-0.1, -0.05) is 0 Å². The number of nitrogens with one attached hydrogen (secondary N) is 1. The predicted octanol–water partition coefficient (Wildman–Crippen LogP) is 0.441. The second-order valence-electron chi connectivity index (χ2n) is 4.19. The molecule has 2 unspecified atom stereocenters. The van der Waals surface area contributed by atoms with Gasteiger partial charge in [0.1, 0.15) is 0 Å². The van der Waals surface area contributed by atoms with Crippen molar-refractivity contribution in [3.05, 3.63) is 0 Å². The molecule has 0 aliphatic carbocycles.